The van der Waals surface area contributed by atoms with Gasteiger partial charge < -0.3 is 15.2 Å². The number of hydrogen-bond acceptors (Lipinski definition) is 4. The first-order valence-electron chi connectivity index (χ1n) is 6.85. The van der Waals surface area contributed by atoms with Crippen molar-refractivity contribution in [1.29, 1.82) is 0 Å². The van der Waals surface area contributed by atoms with E-state index in [1.165, 1.54) is 18.2 Å². The van der Waals surface area contributed by atoms with Gasteiger partial charge in [-0.15, -0.1) is 13.2 Å². The van der Waals surface area contributed by atoms with Gasteiger partial charge in [-0.1, -0.05) is 12.1 Å². The highest BCUT2D eigenvalue weighted by atomic mass is 19.4. The lowest BCUT2D eigenvalue weighted by Gasteiger charge is -2.31. The zero-order valence-corrected chi connectivity index (χ0v) is 11.8. The summed E-state index contributed by atoms with van der Waals surface area (Å²) in [7, 11) is 0. The molecule has 0 aliphatic carbocycles. The van der Waals surface area contributed by atoms with Crippen molar-refractivity contribution in [3.63, 3.8) is 0 Å². The van der Waals surface area contributed by atoms with Crippen molar-refractivity contribution in [3.05, 3.63) is 24.3 Å². The van der Waals surface area contributed by atoms with Crippen molar-refractivity contribution >= 4 is 5.91 Å². The maximum absolute atomic E-state index is 12.3. The van der Waals surface area contributed by atoms with Crippen molar-refractivity contribution in [3.8, 4) is 11.5 Å². The van der Waals surface area contributed by atoms with E-state index in [9.17, 15) is 18.0 Å². The van der Waals surface area contributed by atoms with Gasteiger partial charge in [-0.2, -0.15) is 0 Å². The number of alkyl halides is 3. The van der Waals surface area contributed by atoms with Crippen LogP contribution in [-0.4, -0.2) is 42.9 Å². The maximum atomic E-state index is 12.3. The average molecular weight is 318 g/mol. The van der Waals surface area contributed by atoms with Crippen LogP contribution in [0.3, 0.4) is 0 Å². The van der Waals surface area contributed by atoms with Gasteiger partial charge in [0.15, 0.2) is 11.5 Å². The lowest BCUT2D eigenvalue weighted by atomic mass is 10.1. The van der Waals surface area contributed by atoms with E-state index in [2.05, 4.69) is 4.74 Å². The van der Waals surface area contributed by atoms with Crippen LogP contribution in [-0.2, 0) is 4.79 Å². The SMILES string of the molecule is NC(=O)CN1CCC(Oc2ccccc2OC(F)(F)F)CC1. The minimum Gasteiger partial charge on any atom is -0.486 e. The summed E-state index contributed by atoms with van der Waals surface area (Å²) >= 11 is 0. The summed E-state index contributed by atoms with van der Waals surface area (Å²) in [5, 5.41) is 0. The molecule has 1 aromatic rings. The molecule has 1 fully saturated rings. The number of piperidine rings is 1. The average Bonchev–Trinajstić information content (AvgIpc) is 2.41. The molecule has 1 amide bonds. The fraction of sp³-hybridized carbons (Fsp3) is 0.500. The van der Waals surface area contributed by atoms with Crippen LogP contribution in [0.1, 0.15) is 12.8 Å². The number of benzene rings is 1. The Balaban J connectivity index is 1.93. The number of carbonyl (C=O) groups is 1. The Bertz CT molecular complexity index is 514. The number of nitrogens with zero attached hydrogens (tertiary/aromatic N) is 1. The Labute approximate surface area is 125 Å². The number of primary amides is 1. The van der Waals surface area contributed by atoms with Crippen LogP contribution >= 0.6 is 0 Å². The first-order valence-corrected chi connectivity index (χ1v) is 6.85. The molecular formula is C14H17F3N2O3. The monoisotopic (exact) mass is 318 g/mol. The number of carbonyl (C=O) groups excluding carboxylic acids is 1. The predicted molar refractivity (Wildman–Crippen MR) is 72.4 cm³/mol. The Morgan fingerprint density at radius 1 is 1.23 bits per heavy atom. The van der Waals surface area contributed by atoms with Gasteiger partial charge in [0.2, 0.25) is 5.91 Å². The zero-order valence-electron chi connectivity index (χ0n) is 11.8. The lowest BCUT2D eigenvalue weighted by Crippen LogP contribution is -2.42. The summed E-state index contributed by atoms with van der Waals surface area (Å²) in [6, 6.07) is 5.69. The van der Waals surface area contributed by atoms with Crippen LogP contribution in [0.25, 0.3) is 0 Å². The van der Waals surface area contributed by atoms with Crippen LogP contribution in [0.5, 0.6) is 11.5 Å². The molecule has 22 heavy (non-hydrogen) atoms. The number of para-hydroxylation sites is 2. The lowest BCUT2D eigenvalue weighted by molar-refractivity contribution is -0.275. The van der Waals surface area contributed by atoms with E-state index >= 15 is 0 Å². The molecule has 122 valence electrons. The van der Waals surface area contributed by atoms with Crippen LogP contribution in [0.4, 0.5) is 13.2 Å². The quantitative estimate of drug-likeness (QED) is 0.901. The molecule has 1 heterocycles. The van der Waals surface area contributed by atoms with E-state index in [0.717, 1.165) is 0 Å². The van der Waals surface area contributed by atoms with Crippen molar-refractivity contribution in [2.45, 2.75) is 25.3 Å². The largest absolute Gasteiger partial charge is 0.573 e. The molecule has 0 atom stereocenters. The van der Waals surface area contributed by atoms with Gasteiger partial charge in [0.1, 0.15) is 6.10 Å². The van der Waals surface area contributed by atoms with E-state index in [1.807, 2.05) is 4.90 Å². The fourth-order valence-electron chi connectivity index (χ4n) is 2.34. The third-order valence-corrected chi connectivity index (χ3v) is 3.28. The molecule has 1 aliphatic heterocycles. The summed E-state index contributed by atoms with van der Waals surface area (Å²) in [6.07, 6.45) is -3.77. The third kappa shape index (κ3) is 5.10. The molecule has 1 aromatic carbocycles. The highest BCUT2D eigenvalue weighted by Crippen LogP contribution is 2.33. The number of rotatable bonds is 5. The Morgan fingerprint density at radius 3 is 2.36 bits per heavy atom. The normalized spacial score (nSPS) is 17.2. The molecule has 0 bridgehead atoms. The number of hydrogen-bond donors (Lipinski definition) is 1. The summed E-state index contributed by atoms with van der Waals surface area (Å²) in [5.41, 5.74) is 5.13. The van der Waals surface area contributed by atoms with Crippen molar-refractivity contribution < 1.29 is 27.4 Å². The molecule has 1 saturated heterocycles. The molecule has 0 unspecified atom stereocenters. The molecule has 0 saturated carbocycles. The van der Waals surface area contributed by atoms with Crippen LogP contribution in [0, 0.1) is 0 Å². The van der Waals surface area contributed by atoms with Crippen molar-refractivity contribution in [2.75, 3.05) is 19.6 Å². The smallest absolute Gasteiger partial charge is 0.486 e. The van der Waals surface area contributed by atoms with Gasteiger partial charge >= 0.3 is 6.36 Å². The Kier molecular flexibility index (Phi) is 5.12. The third-order valence-electron chi connectivity index (χ3n) is 3.28. The predicted octanol–water partition coefficient (Wildman–Crippen LogP) is 1.91. The zero-order chi connectivity index (χ0) is 16.2. The van der Waals surface area contributed by atoms with Gasteiger partial charge in [-0.3, -0.25) is 9.69 Å². The molecule has 2 N–H and O–H groups in total. The maximum Gasteiger partial charge on any atom is 0.573 e. The minimum absolute atomic E-state index is 0.0631. The van der Waals surface area contributed by atoms with Gasteiger partial charge in [0.05, 0.1) is 6.54 Å². The van der Waals surface area contributed by atoms with E-state index in [4.69, 9.17) is 10.5 Å². The second kappa shape index (κ2) is 6.87. The first kappa shape index (κ1) is 16.4. The molecule has 0 spiro atoms. The summed E-state index contributed by atoms with van der Waals surface area (Å²) in [4.78, 5) is 12.7. The van der Waals surface area contributed by atoms with Crippen LogP contribution < -0.4 is 15.2 Å². The van der Waals surface area contributed by atoms with Crippen molar-refractivity contribution in [1.82, 2.24) is 4.90 Å². The van der Waals surface area contributed by atoms with E-state index < -0.39 is 12.3 Å². The second-order valence-corrected chi connectivity index (χ2v) is 5.05. The van der Waals surface area contributed by atoms with Gasteiger partial charge in [-0.25, -0.2) is 0 Å². The van der Waals surface area contributed by atoms with Crippen molar-refractivity contribution in [2.24, 2.45) is 5.73 Å². The number of halogens is 3. The van der Waals surface area contributed by atoms with Gasteiger partial charge in [-0.05, 0) is 25.0 Å². The number of nitrogens with two attached hydrogens (primary N) is 1. The summed E-state index contributed by atoms with van der Waals surface area (Å²) in [6.45, 7) is 1.40. The van der Waals surface area contributed by atoms with E-state index in [1.54, 1.807) is 6.07 Å². The molecular weight excluding hydrogens is 301 g/mol. The second-order valence-electron chi connectivity index (χ2n) is 5.05. The van der Waals surface area contributed by atoms with Crippen LogP contribution in [0.15, 0.2) is 24.3 Å². The number of amides is 1. The van der Waals surface area contributed by atoms with Gasteiger partial charge in [0, 0.05) is 13.1 Å². The number of likely N-dealkylation sites (tertiary alicyclic amines) is 1. The molecule has 1 aliphatic rings. The summed E-state index contributed by atoms with van der Waals surface area (Å²) < 4.78 is 46.6. The van der Waals surface area contributed by atoms with E-state index in [-0.39, 0.29) is 24.1 Å². The molecule has 2 rings (SSSR count). The Hall–Kier alpha value is -1.96. The Morgan fingerprint density at radius 2 is 1.82 bits per heavy atom. The first-order chi connectivity index (χ1) is 10.3. The topological polar surface area (TPSA) is 64.8 Å². The number of ether oxygens (including phenoxy) is 2. The minimum atomic E-state index is -4.76. The molecule has 8 heteroatoms. The molecule has 0 radical (unpaired) electrons. The molecule has 0 aromatic heterocycles. The highest BCUT2D eigenvalue weighted by molar-refractivity contribution is 5.75. The fourth-order valence-corrected chi connectivity index (χ4v) is 2.34. The standard InChI is InChI=1S/C14H17F3N2O3/c15-14(16,17)22-12-4-2-1-3-11(12)21-10-5-7-19(8-6-10)9-13(18)20/h1-4,10H,5-9H2,(H2,18,20). The molecule has 5 nitrogen and oxygen atoms in total. The van der Waals surface area contributed by atoms with Crippen LogP contribution in [0.2, 0.25) is 0 Å². The van der Waals surface area contributed by atoms with E-state index in [0.29, 0.717) is 25.9 Å². The summed E-state index contributed by atoms with van der Waals surface area (Å²) in [5.74, 6) is -0.689. The highest BCUT2D eigenvalue weighted by Gasteiger charge is 2.33. The van der Waals surface area contributed by atoms with Gasteiger partial charge in [0.25, 0.3) is 0 Å².